The minimum atomic E-state index is -3.65. The molecule has 0 aliphatic rings. The zero-order valence-electron chi connectivity index (χ0n) is 11.2. The molecule has 1 heterocycles. The number of nitrogens with one attached hydrogen (secondary N) is 2. The molecule has 2 aromatic rings. The predicted molar refractivity (Wildman–Crippen MR) is 77.1 cm³/mol. The number of sulfonamides is 1. The molecule has 0 fully saturated rings. The molecule has 7 nitrogen and oxygen atoms in total. The lowest BCUT2D eigenvalue weighted by molar-refractivity contribution is 0.0948. The van der Waals surface area contributed by atoms with E-state index in [1.807, 2.05) is 0 Å². The van der Waals surface area contributed by atoms with E-state index in [4.69, 9.17) is 5.14 Å². The van der Waals surface area contributed by atoms with E-state index in [-0.39, 0.29) is 10.8 Å². The number of aromatic amines is 1. The molecule has 0 aliphatic heterocycles. The van der Waals surface area contributed by atoms with Crippen molar-refractivity contribution in [3.05, 3.63) is 47.8 Å². The number of nitrogens with zero attached hydrogens (tertiary/aromatic N) is 1. The van der Waals surface area contributed by atoms with Gasteiger partial charge in [0.15, 0.2) is 0 Å². The molecule has 4 N–H and O–H groups in total. The van der Waals surface area contributed by atoms with Gasteiger partial charge in [0.25, 0.3) is 5.91 Å². The van der Waals surface area contributed by atoms with Crippen molar-refractivity contribution in [2.75, 3.05) is 6.54 Å². The standard InChI is InChI=1S/C13H16N4O3S/c14-21(19,20)11-5-3-10(4-6-11)2-1-8-15-13(18)12-7-9-16-17-12/h3-7,9H,1-2,8H2,(H,15,18)(H,16,17)(H2,14,19,20). The van der Waals surface area contributed by atoms with Gasteiger partial charge in [-0.05, 0) is 36.6 Å². The summed E-state index contributed by atoms with van der Waals surface area (Å²) in [5.41, 5.74) is 1.41. The highest BCUT2D eigenvalue weighted by molar-refractivity contribution is 7.89. The van der Waals surface area contributed by atoms with E-state index in [9.17, 15) is 13.2 Å². The van der Waals surface area contributed by atoms with E-state index in [1.165, 1.54) is 18.3 Å². The van der Waals surface area contributed by atoms with Gasteiger partial charge in [-0.25, -0.2) is 13.6 Å². The molecule has 0 bridgehead atoms. The number of nitrogens with two attached hydrogens (primary N) is 1. The minimum Gasteiger partial charge on any atom is -0.351 e. The summed E-state index contributed by atoms with van der Waals surface area (Å²) in [6.45, 7) is 0.523. The molecule has 0 spiro atoms. The first-order chi connectivity index (χ1) is 9.97. The van der Waals surface area contributed by atoms with Crippen LogP contribution in [-0.2, 0) is 16.4 Å². The van der Waals surface area contributed by atoms with Crippen LogP contribution >= 0.6 is 0 Å². The first-order valence-corrected chi connectivity index (χ1v) is 7.91. The quantitative estimate of drug-likeness (QED) is 0.670. The number of aryl methyl sites for hydroxylation is 1. The number of primary sulfonamides is 1. The van der Waals surface area contributed by atoms with Gasteiger partial charge in [0.2, 0.25) is 10.0 Å². The number of hydrogen-bond acceptors (Lipinski definition) is 4. The fourth-order valence-electron chi connectivity index (χ4n) is 1.82. The summed E-state index contributed by atoms with van der Waals surface area (Å²) < 4.78 is 22.2. The average Bonchev–Trinajstić information content (AvgIpc) is 2.97. The lowest BCUT2D eigenvalue weighted by Gasteiger charge is -2.05. The Kier molecular flexibility index (Phi) is 4.71. The van der Waals surface area contributed by atoms with Crippen molar-refractivity contribution in [2.24, 2.45) is 5.14 Å². The second kappa shape index (κ2) is 6.51. The number of rotatable bonds is 6. The average molecular weight is 308 g/mol. The molecule has 8 heteroatoms. The first kappa shape index (κ1) is 15.2. The molecule has 2 rings (SSSR count). The molecule has 0 unspecified atom stereocenters. The third kappa shape index (κ3) is 4.40. The van der Waals surface area contributed by atoms with E-state index < -0.39 is 10.0 Å². The van der Waals surface area contributed by atoms with Crippen LogP contribution in [0.1, 0.15) is 22.5 Å². The molecule has 0 radical (unpaired) electrons. The van der Waals surface area contributed by atoms with Gasteiger partial charge < -0.3 is 5.32 Å². The number of carbonyl (C=O) groups excluding carboxylic acids is 1. The van der Waals surface area contributed by atoms with Crippen LogP contribution in [0.15, 0.2) is 41.4 Å². The Balaban J connectivity index is 1.78. The summed E-state index contributed by atoms with van der Waals surface area (Å²) in [5, 5.41) is 14.1. The summed E-state index contributed by atoms with van der Waals surface area (Å²) in [4.78, 5) is 11.7. The Hall–Kier alpha value is -2.19. The number of benzene rings is 1. The van der Waals surface area contributed by atoms with Crippen molar-refractivity contribution in [3.63, 3.8) is 0 Å². The molecule has 0 aliphatic carbocycles. The molecule has 112 valence electrons. The van der Waals surface area contributed by atoms with E-state index >= 15 is 0 Å². The highest BCUT2D eigenvalue weighted by Gasteiger charge is 2.07. The second-order valence-electron chi connectivity index (χ2n) is 4.52. The van der Waals surface area contributed by atoms with Crippen LogP contribution in [0.2, 0.25) is 0 Å². The van der Waals surface area contributed by atoms with Gasteiger partial charge in [0.05, 0.1) is 4.90 Å². The largest absolute Gasteiger partial charge is 0.351 e. The highest BCUT2D eigenvalue weighted by Crippen LogP contribution is 2.10. The van der Waals surface area contributed by atoms with Crippen molar-refractivity contribution in [2.45, 2.75) is 17.7 Å². The molecule has 1 aromatic carbocycles. The maximum absolute atomic E-state index is 11.6. The van der Waals surface area contributed by atoms with Gasteiger partial charge in [-0.3, -0.25) is 9.89 Å². The van der Waals surface area contributed by atoms with Crippen LogP contribution in [0.5, 0.6) is 0 Å². The van der Waals surface area contributed by atoms with Gasteiger partial charge >= 0.3 is 0 Å². The maximum atomic E-state index is 11.6. The molecular weight excluding hydrogens is 292 g/mol. The fourth-order valence-corrected chi connectivity index (χ4v) is 2.33. The third-order valence-electron chi connectivity index (χ3n) is 2.93. The Morgan fingerprint density at radius 1 is 1.24 bits per heavy atom. The van der Waals surface area contributed by atoms with Crippen LogP contribution in [0, 0.1) is 0 Å². The molecule has 1 amide bonds. The summed E-state index contributed by atoms with van der Waals surface area (Å²) in [6, 6.07) is 8.00. The van der Waals surface area contributed by atoms with Crippen molar-refractivity contribution in [1.82, 2.24) is 15.5 Å². The summed E-state index contributed by atoms with van der Waals surface area (Å²) >= 11 is 0. The Labute approximate surface area is 122 Å². The SMILES string of the molecule is NS(=O)(=O)c1ccc(CCCNC(=O)c2ccn[nH]2)cc1. The first-order valence-electron chi connectivity index (χ1n) is 6.36. The zero-order valence-corrected chi connectivity index (χ0v) is 12.1. The summed E-state index contributed by atoms with van der Waals surface area (Å²) in [5.74, 6) is -0.197. The number of H-pyrrole nitrogens is 1. The van der Waals surface area contributed by atoms with Crippen LogP contribution < -0.4 is 10.5 Å². The zero-order chi connectivity index (χ0) is 15.3. The molecule has 0 atom stereocenters. The van der Waals surface area contributed by atoms with Gasteiger partial charge in [0, 0.05) is 12.7 Å². The Morgan fingerprint density at radius 2 is 1.95 bits per heavy atom. The second-order valence-corrected chi connectivity index (χ2v) is 6.08. The summed E-state index contributed by atoms with van der Waals surface area (Å²) in [6.07, 6.45) is 2.99. The Bertz CT molecular complexity index is 694. The fraction of sp³-hybridized carbons (Fsp3) is 0.231. The normalized spacial score (nSPS) is 11.3. The molecule has 21 heavy (non-hydrogen) atoms. The maximum Gasteiger partial charge on any atom is 0.269 e. The van der Waals surface area contributed by atoms with E-state index in [0.29, 0.717) is 12.2 Å². The summed E-state index contributed by atoms with van der Waals surface area (Å²) in [7, 11) is -3.65. The van der Waals surface area contributed by atoms with Crippen molar-refractivity contribution in [3.8, 4) is 0 Å². The van der Waals surface area contributed by atoms with Crippen molar-refractivity contribution >= 4 is 15.9 Å². The number of carbonyl (C=O) groups is 1. The predicted octanol–water partition coefficient (Wildman–Crippen LogP) is 0.420. The van der Waals surface area contributed by atoms with Gasteiger partial charge in [-0.2, -0.15) is 5.10 Å². The van der Waals surface area contributed by atoms with Crippen LogP contribution in [0.4, 0.5) is 0 Å². The minimum absolute atomic E-state index is 0.0961. The van der Waals surface area contributed by atoms with E-state index in [1.54, 1.807) is 18.2 Å². The van der Waals surface area contributed by atoms with Crippen molar-refractivity contribution in [1.29, 1.82) is 0 Å². The lowest BCUT2D eigenvalue weighted by Crippen LogP contribution is -2.25. The van der Waals surface area contributed by atoms with Gasteiger partial charge in [0.1, 0.15) is 5.69 Å². The smallest absolute Gasteiger partial charge is 0.269 e. The van der Waals surface area contributed by atoms with Crippen LogP contribution in [0.3, 0.4) is 0 Å². The monoisotopic (exact) mass is 308 g/mol. The molecular formula is C13H16N4O3S. The van der Waals surface area contributed by atoms with Crippen LogP contribution in [-0.4, -0.2) is 31.1 Å². The van der Waals surface area contributed by atoms with Gasteiger partial charge in [-0.15, -0.1) is 0 Å². The molecule has 1 aromatic heterocycles. The van der Waals surface area contributed by atoms with Crippen LogP contribution in [0.25, 0.3) is 0 Å². The highest BCUT2D eigenvalue weighted by atomic mass is 32.2. The topological polar surface area (TPSA) is 118 Å². The van der Waals surface area contributed by atoms with Gasteiger partial charge in [-0.1, -0.05) is 12.1 Å². The lowest BCUT2D eigenvalue weighted by atomic mass is 10.1. The Morgan fingerprint density at radius 3 is 2.52 bits per heavy atom. The molecule has 0 saturated heterocycles. The number of amides is 1. The van der Waals surface area contributed by atoms with E-state index in [0.717, 1.165) is 18.4 Å². The number of hydrogen-bond donors (Lipinski definition) is 3. The third-order valence-corrected chi connectivity index (χ3v) is 3.85. The molecule has 0 saturated carbocycles. The van der Waals surface area contributed by atoms with Crippen molar-refractivity contribution < 1.29 is 13.2 Å². The van der Waals surface area contributed by atoms with E-state index in [2.05, 4.69) is 15.5 Å². The number of aromatic nitrogens is 2.